The molecule has 0 radical (unpaired) electrons. The van der Waals surface area contributed by atoms with Crippen molar-refractivity contribution >= 4 is 22.8 Å². The van der Waals surface area contributed by atoms with E-state index in [0.29, 0.717) is 17.9 Å². The van der Waals surface area contributed by atoms with Gasteiger partial charge in [0.15, 0.2) is 0 Å². The second-order valence-electron chi connectivity index (χ2n) is 8.91. The molecular formula is C25H34N4O2. The van der Waals surface area contributed by atoms with Crippen molar-refractivity contribution in [3.05, 3.63) is 42.7 Å². The van der Waals surface area contributed by atoms with Crippen LogP contribution in [0.5, 0.6) is 0 Å². The number of benzene rings is 1. The maximum absolute atomic E-state index is 13.8. The van der Waals surface area contributed by atoms with Crippen molar-refractivity contribution in [3.8, 4) is 0 Å². The van der Waals surface area contributed by atoms with E-state index in [1.807, 2.05) is 28.8 Å². The first-order valence-corrected chi connectivity index (χ1v) is 11.8. The van der Waals surface area contributed by atoms with Gasteiger partial charge in [0.2, 0.25) is 11.8 Å². The molecule has 2 saturated carbocycles. The van der Waals surface area contributed by atoms with Crippen molar-refractivity contribution in [2.24, 2.45) is 0 Å². The molecule has 0 bridgehead atoms. The first kappa shape index (κ1) is 21.6. The summed E-state index contributed by atoms with van der Waals surface area (Å²) in [7, 11) is 0. The van der Waals surface area contributed by atoms with Gasteiger partial charge in [-0.05, 0) is 43.9 Å². The Labute approximate surface area is 184 Å². The van der Waals surface area contributed by atoms with E-state index in [1.54, 1.807) is 0 Å². The molecule has 1 N–H and O–H groups in total. The van der Waals surface area contributed by atoms with Crippen LogP contribution in [0.3, 0.4) is 0 Å². The second kappa shape index (κ2) is 10.1. The zero-order valence-electron chi connectivity index (χ0n) is 18.4. The number of carbonyl (C=O) groups is 2. The first-order valence-electron chi connectivity index (χ1n) is 11.8. The number of fused-ring (bicyclic) bond motifs is 1. The van der Waals surface area contributed by atoms with Crippen LogP contribution in [-0.4, -0.2) is 38.3 Å². The maximum atomic E-state index is 13.8. The lowest BCUT2D eigenvalue weighted by Gasteiger charge is -2.42. The highest BCUT2D eigenvalue weighted by atomic mass is 16.2. The standard InChI is InChI=1S/C25H34N4O2/c1-2-24(30)26-17-23-27-21-15-9-10-16-22(21)28(23)18-25(31)29(19-11-5-3-6-12-19)20-13-7-4-8-14-20/h2,9-10,15-16,19-20H,1,3-8,11-14,17-18H2,(H,26,30). The molecule has 31 heavy (non-hydrogen) atoms. The highest BCUT2D eigenvalue weighted by molar-refractivity contribution is 5.87. The van der Waals surface area contributed by atoms with Gasteiger partial charge in [-0.2, -0.15) is 0 Å². The van der Waals surface area contributed by atoms with Gasteiger partial charge in [0.1, 0.15) is 12.4 Å². The number of amides is 2. The molecule has 2 aromatic rings. The largest absolute Gasteiger partial charge is 0.345 e. The van der Waals surface area contributed by atoms with Crippen molar-refractivity contribution in [3.63, 3.8) is 0 Å². The van der Waals surface area contributed by atoms with Crippen LogP contribution in [0.2, 0.25) is 0 Å². The van der Waals surface area contributed by atoms with Gasteiger partial charge in [0.25, 0.3) is 0 Å². The minimum absolute atomic E-state index is 0.193. The predicted molar refractivity (Wildman–Crippen MR) is 122 cm³/mol. The molecular weight excluding hydrogens is 388 g/mol. The molecule has 2 fully saturated rings. The summed E-state index contributed by atoms with van der Waals surface area (Å²) in [5, 5.41) is 2.81. The lowest BCUT2D eigenvalue weighted by molar-refractivity contribution is -0.138. The van der Waals surface area contributed by atoms with Gasteiger partial charge in [0.05, 0.1) is 17.6 Å². The third-order valence-electron chi connectivity index (χ3n) is 6.86. The molecule has 4 rings (SSSR count). The zero-order chi connectivity index (χ0) is 21.6. The topological polar surface area (TPSA) is 67.2 Å². The van der Waals surface area contributed by atoms with Crippen LogP contribution in [0.25, 0.3) is 11.0 Å². The molecule has 2 aliphatic rings. The van der Waals surface area contributed by atoms with Crippen LogP contribution < -0.4 is 5.32 Å². The van der Waals surface area contributed by atoms with Crippen molar-refractivity contribution in [1.29, 1.82) is 0 Å². The van der Waals surface area contributed by atoms with Gasteiger partial charge in [0, 0.05) is 12.1 Å². The van der Waals surface area contributed by atoms with E-state index in [2.05, 4.69) is 16.8 Å². The molecule has 2 amide bonds. The fourth-order valence-electron chi connectivity index (χ4n) is 5.32. The lowest BCUT2D eigenvalue weighted by Crippen LogP contribution is -2.50. The molecule has 1 aromatic heterocycles. The summed E-state index contributed by atoms with van der Waals surface area (Å²) < 4.78 is 1.99. The van der Waals surface area contributed by atoms with E-state index in [-0.39, 0.29) is 24.9 Å². The summed E-state index contributed by atoms with van der Waals surface area (Å²) in [4.78, 5) is 32.4. The summed E-state index contributed by atoms with van der Waals surface area (Å²) >= 11 is 0. The number of rotatable bonds is 7. The maximum Gasteiger partial charge on any atom is 0.243 e. The zero-order valence-corrected chi connectivity index (χ0v) is 18.4. The van der Waals surface area contributed by atoms with E-state index >= 15 is 0 Å². The van der Waals surface area contributed by atoms with Crippen LogP contribution in [0.15, 0.2) is 36.9 Å². The third kappa shape index (κ3) is 5.00. The Kier molecular flexibility index (Phi) is 7.05. The van der Waals surface area contributed by atoms with E-state index in [0.717, 1.165) is 36.7 Å². The Morgan fingerprint density at radius 3 is 2.26 bits per heavy atom. The first-order chi connectivity index (χ1) is 15.2. The summed E-state index contributed by atoms with van der Waals surface area (Å²) in [6.45, 7) is 4.06. The molecule has 0 aliphatic heterocycles. The van der Waals surface area contributed by atoms with Crippen LogP contribution in [-0.2, 0) is 22.7 Å². The number of para-hydroxylation sites is 2. The molecule has 0 spiro atoms. The minimum Gasteiger partial charge on any atom is -0.345 e. The van der Waals surface area contributed by atoms with Gasteiger partial charge in [-0.25, -0.2) is 4.98 Å². The monoisotopic (exact) mass is 422 g/mol. The Bertz CT molecular complexity index is 905. The number of carbonyl (C=O) groups excluding carboxylic acids is 2. The average Bonchev–Trinajstić information content (AvgIpc) is 3.16. The fourth-order valence-corrected chi connectivity index (χ4v) is 5.32. The summed E-state index contributed by atoms with van der Waals surface area (Å²) in [6, 6.07) is 8.60. The number of nitrogens with zero attached hydrogens (tertiary/aromatic N) is 3. The van der Waals surface area contributed by atoms with Gasteiger partial charge < -0.3 is 14.8 Å². The Morgan fingerprint density at radius 2 is 1.65 bits per heavy atom. The Hall–Kier alpha value is -2.63. The van der Waals surface area contributed by atoms with Gasteiger partial charge in [-0.15, -0.1) is 0 Å². The number of hydrogen-bond acceptors (Lipinski definition) is 3. The van der Waals surface area contributed by atoms with Crippen molar-refractivity contribution in [1.82, 2.24) is 19.8 Å². The molecule has 1 heterocycles. The number of hydrogen-bond donors (Lipinski definition) is 1. The van der Waals surface area contributed by atoms with Crippen LogP contribution >= 0.6 is 0 Å². The molecule has 6 nitrogen and oxygen atoms in total. The average molecular weight is 423 g/mol. The van der Waals surface area contributed by atoms with E-state index in [1.165, 1.54) is 44.6 Å². The van der Waals surface area contributed by atoms with Crippen molar-refractivity contribution in [2.75, 3.05) is 0 Å². The molecule has 0 saturated heterocycles. The molecule has 166 valence electrons. The molecule has 0 unspecified atom stereocenters. The summed E-state index contributed by atoms with van der Waals surface area (Å²) in [5.74, 6) is 0.659. The van der Waals surface area contributed by atoms with Crippen molar-refractivity contribution in [2.45, 2.75) is 89.4 Å². The molecule has 0 atom stereocenters. The predicted octanol–water partition coefficient (Wildman–Crippen LogP) is 4.33. The highest BCUT2D eigenvalue weighted by Crippen LogP contribution is 2.31. The minimum atomic E-state index is -0.240. The SMILES string of the molecule is C=CC(=O)NCc1nc2ccccc2n1CC(=O)N(C1CCCCC1)C1CCCCC1. The Morgan fingerprint density at radius 1 is 1.03 bits per heavy atom. The number of imidazole rings is 1. The Balaban J connectivity index is 1.61. The number of aromatic nitrogens is 2. The second-order valence-corrected chi connectivity index (χ2v) is 8.91. The summed E-state index contributed by atoms with van der Waals surface area (Å²) in [6.07, 6.45) is 13.2. The van der Waals surface area contributed by atoms with Gasteiger partial charge in [-0.1, -0.05) is 57.2 Å². The number of nitrogens with one attached hydrogen (secondary N) is 1. The summed E-state index contributed by atoms with van der Waals surface area (Å²) in [5.41, 5.74) is 1.78. The third-order valence-corrected chi connectivity index (χ3v) is 6.86. The van der Waals surface area contributed by atoms with E-state index in [4.69, 9.17) is 4.98 Å². The van der Waals surface area contributed by atoms with Crippen LogP contribution in [0.4, 0.5) is 0 Å². The quantitative estimate of drug-likeness (QED) is 0.675. The molecule has 2 aliphatic carbocycles. The lowest BCUT2D eigenvalue weighted by atomic mass is 9.88. The van der Waals surface area contributed by atoms with E-state index < -0.39 is 0 Å². The van der Waals surface area contributed by atoms with Crippen LogP contribution in [0, 0.1) is 0 Å². The van der Waals surface area contributed by atoms with Gasteiger partial charge >= 0.3 is 0 Å². The molecule has 1 aromatic carbocycles. The van der Waals surface area contributed by atoms with E-state index in [9.17, 15) is 9.59 Å². The van der Waals surface area contributed by atoms with Crippen molar-refractivity contribution < 1.29 is 9.59 Å². The van der Waals surface area contributed by atoms with Gasteiger partial charge in [-0.3, -0.25) is 9.59 Å². The normalized spacial score (nSPS) is 18.1. The fraction of sp³-hybridized carbons (Fsp3) is 0.560. The highest BCUT2D eigenvalue weighted by Gasteiger charge is 2.33. The molecule has 6 heteroatoms. The smallest absolute Gasteiger partial charge is 0.243 e. The van der Waals surface area contributed by atoms with Crippen LogP contribution in [0.1, 0.15) is 70.0 Å².